The SMILES string of the molecule is Cc1nonc1CN1CCC(C)CC1C(=O)O. The molecule has 0 aliphatic carbocycles. The second-order valence-electron chi connectivity index (χ2n) is 4.75. The predicted molar refractivity (Wildman–Crippen MR) is 59.3 cm³/mol. The molecule has 2 unspecified atom stereocenters. The van der Waals surface area contributed by atoms with Gasteiger partial charge in [0.25, 0.3) is 0 Å². The first kappa shape index (κ1) is 12.0. The van der Waals surface area contributed by atoms with Crippen molar-refractivity contribution in [3.05, 3.63) is 11.4 Å². The molecule has 0 spiro atoms. The quantitative estimate of drug-likeness (QED) is 0.849. The second kappa shape index (κ2) is 4.83. The van der Waals surface area contributed by atoms with Gasteiger partial charge in [-0.05, 0) is 32.2 Å². The molecule has 1 N–H and O–H groups in total. The van der Waals surface area contributed by atoms with E-state index in [2.05, 4.69) is 21.9 Å². The van der Waals surface area contributed by atoms with Crippen molar-refractivity contribution >= 4 is 5.97 Å². The highest BCUT2D eigenvalue weighted by Crippen LogP contribution is 2.24. The van der Waals surface area contributed by atoms with Gasteiger partial charge in [0.05, 0.1) is 0 Å². The average molecular weight is 239 g/mol. The van der Waals surface area contributed by atoms with Crippen molar-refractivity contribution in [3.8, 4) is 0 Å². The van der Waals surface area contributed by atoms with Gasteiger partial charge in [-0.3, -0.25) is 9.69 Å². The summed E-state index contributed by atoms with van der Waals surface area (Å²) in [5.74, 6) is -0.297. The summed E-state index contributed by atoms with van der Waals surface area (Å²) in [5, 5.41) is 16.7. The molecule has 6 nitrogen and oxygen atoms in total. The minimum Gasteiger partial charge on any atom is -0.480 e. The number of aliphatic carboxylic acids is 1. The predicted octanol–water partition coefficient (Wildman–Crippen LogP) is 1.06. The van der Waals surface area contributed by atoms with E-state index in [0.29, 0.717) is 18.9 Å². The Balaban J connectivity index is 2.08. The van der Waals surface area contributed by atoms with Crippen LogP contribution in [0.15, 0.2) is 4.63 Å². The first-order valence-corrected chi connectivity index (χ1v) is 5.83. The van der Waals surface area contributed by atoms with Crippen molar-refractivity contribution in [2.24, 2.45) is 5.92 Å². The maximum absolute atomic E-state index is 11.2. The minimum atomic E-state index is -0.759. The highest BCUT2D eigenvalue weighted by atomic mass is 16.6. The van der Waals surface area contributed by atoms with Crippen molar-refractivity contribution < 1.29 is 14.5 Å². The van der Waals surface area contributed by atoms with E-state index >= 15 is 0 Å². The van der Waals surface area contributed by atoms with Gasteiger partial charge in [-0.15, -0.1) is 0 Å². The molecule has 0 radical (unpaired) electrons. The Morgan fingerprint density at radius 1 is 1.59 bits per heavy atom. The fourth-order valence-electron chi connectivity index (χ4n) is 2.22. The number of carboxylic acids is 1. The van der Waals surface area contributed by atoms with Crippen LogP contribution >= 0.6 is 0 Å². The molecule has 1 aromatic rings. The molecule has 0 saturated carbocycles. The highest BCUT2D eigenvalue weighted by molar-refractivity contribution is 5.73. The van der Waals surface area contributed by atoms with E-state index in [1.165, 1.54) is 0 Å². The van der Waals surface area contributed by atoms with Gasteiger partial charge in [-0.25, -0.2) is 4.63 Å². The van der Waals surface area contributed by atoms with Crippen LogP contribution < -0.4 is 0 Å². The summed E-state index contributed by atoms with van der Waals surface area (Å²) in [6, 6.07) is -0.421. The Morgan fingerprint density at radius 3 is 2.94 bits per heavy atom. The summed E-state index contributed by atoms with van der Waals surface area (Å²) in [6.07, 6.45) is 1.72. The molecular weight excluding hydrogens is 222 g/mol. The van der Waals surface area contributed by atoms with Gasteiger partial charge >= 0.3 is 5.97 Å². The minimum absolute atomic E-state index is 0.421. The van der Waals surface area contributed by atoms with E-state index < -0.39 is 12.0 Å². The standard InChI is InChI=1S/C11H17N3O3/c1-7-3-4-14(10(5-7)11(15)16)6-9-8(2)12-17-13-9/h7,10H,3-6H2,1-2H3,(H,15,16). The van der Waals surface area contributed by atoms with Gasteiger partial charge in [0.15, 0.2) is 0 Å². The maximum atomic E-state index is 11.2. The summed E-state index contributed by atoms with van der Waals surface area (Å²) < 4.78 is 4.63. The summed E-state index contributed by atoms with van der Waals surface area (Å²) in [6.45, 7) is 5.19. The lowest BCUT2D eigenvalue weighted by Gasteiger charge is -2.35. The summed E-state index contributed by atoms with van der Waals surface area (Å²) in [5.41, 5.74) is 1.46. The van der Waals surface area contributed by atoms with Gasteiger partial charge in [-0.1, -0.05) is 17.2 Å². The molecule has 2 atom stereocenters. The van der Waals surface area contributed by atoms with Crippen LogP contribution in [0.3, 0.4) is 0 Å². The Labute approximate surface area is 99.6 Å². The number of aromatic nitrogens is 2. The lowest BCUT2D eigenvalue weighted by Crippen LogP contribution is -2.46. The largest absolute Gasteiger partial charge is 0.480 e. The van der Waals surface area contributed by atoms with Gasteiger partial charge in [-0.2, -0.15) is 0 Å². The summed E-state index contributed by atoms with van der Waals surface area (Å²) in [4.78, 5) is 13.2. The van der Waals surface area contributed by atoms with E-state index in [4.69, 9.17) is 0 Å². The van der Waals surface area contributed by atoms with Crippen LogP contribution in [0, 0.1) is 12.8 Å². The molecule has 6 heteroatoms. The number of carbonyl (C=O) groups is 1. The van der Waals surface area contributed by atoms with E-state index in [0.717, 1.165) is 24.4 Å². The van der Waals surface area contributed by atoms with E-state index in [1.807, 2.05) is 11.8 Å². The van der Waals surface area contributed by atoms with Crippen LogP contribution in [0.1, 0.15) is 31.2 Å². The van der Waals surface area contributed by atoms with Crippen LogP contribution in [0.2, 0.25) is 0 Å². The topological polar surface area (TPSA) is 79.5 Å². The Kier molecular flexibility index (Phi) is 3.42. The van der Waals surface area contributed by atoms with Crippen LogP contribution in [-0.2, 0) is 11.3 Å². The molecular formula is C11H17N3O3. The Bertz CT molecular complexity index is 404. The molecule has 0 amide bonds. The molecule has 0 aromatic carbocycles. The monoisotopic (exact) mass is 239 g/mol. The van der Waals surface area contributed by atoms with Gasteiger partial charge in [0, 0.05) is 6.54 Å². The van der Waals surface area contributed by atoms with Gasteiger partial charge < -0.3 is 5.11 Å². The zero-order valence-corrected chi connectivity index (χ0v) is 10.1. The number of rotatable bonds is 3. The average Bonchev–Trinajstić information content (AvgIpc) is 2.67. The first-order chi connectivity index (χ1) is 8.08. The van der Waals surface area contributed by atoms with Crippen LogP contribution in [-0.4, -0.2) is 38.9 Å². The number of aryl methyl sites for hydroxylation is 1. The number of hydrogen-bond donors (Lipinski definition) is 1. The third-order valence-corrected chi connectivity index (χ3v) is 3.36. The van der Waals surface area contributed by atoms with Crippen LogP contribution in [0.5, 0.6) is 0 Å². The second-order valence-corrected chi connectivity index (χ2v) is 4.75. The molecule has 1 aromatic heterocycles. The smallest absolute Gasteiger partial charge is 0.320 e. The molecule has 1 aliphatic rings. The molecule has 17 heavy (non-hydrogen) atoms. The van der Waals surface area contributed by atoms with Crippen molar-refractivity contribution in [2.45, 2.75) is 39.3 Å². The van der Waals surface area contributed by atoms with E-state index in [-0.39, 0.29) is 0 Å². The van der Waals surface area contributed by atoms with E-state index in [9.17, 15) is 9.90 Å². The van der Waals surface area contributed by atoms with Crippen molar-refractivity contribution in [1.29, 1.82) is 0 Å². The van der Waals surface area contributed by atoms with Crippen LogP contribution in [0.25, 0.3) is 0 Å². The fourth-order valence-corrected chi connectivity index (χ4v) is 2.22. The summed E-state index contributed by atoms with van der Waals surface area (Å²) in [7, 11) is 0. The number of piperidine rings is 1. The van der Waals surface area contributed by atoms with E-state index in [1.54, 1.807) is 0 Å². The zero-order valence-electron chi connectivity index (χ0n) is 10.1. The Morgan fingerprint density at radius 2 is 2.35 bits per heavy atom. The molecule has 1 fully saturated rings. The molecule has 1 saturated heterocycles. The number of likely N-dealkylation sites (tertiary alicyclic amines) is 1. The molecule has 2 rings (SSSR count). The number of carboxylic acid groups (broad SMARTS) is 1. The maximum Gasteiger partial charge on any atom is 0.320 e. The van der Waals surface area contributed by atoms with Gasteiger partial charge in [0.1, 0.15) is 17.4 Å². The van der Waals surface area contributed by atoms with Gasteiger partial charge in [0.2, 0.25) is 0 Å². The number of hydrogen-bond acceptors (Lipinski definition) is 5. The lowest BCUT2D eigenvalue weighted by molar-refractivity contribution is -0.145. The third kappa shape index (κ3) is 2.63. The molecule has 0 bridgehead atoms. The molecule has 1 aliphatic heterocycles. The number of nitrogens with zero attached hydrogens (tertiary/aromatic N) is 3. The normalized spacial score (nSPS) is 26.0. The van der Waals surface area contributed by atoms with Crippen LogP contribution in [0.4, 0.5) is 0 Å². The zero-order chi connectivity index (χ0) is 12.4. The highest BCUT2D eigenvalue weighted by Gasteiger charge is 2.32. The van der Waals surface area contributed by atoms with Crippen molar-refractivity contribution in [1.82, 2.24) is 15.2 Å². The lowest BCUT2D eigenvalue weighted by atomic mass is 9.92. The fraction of sp³-hybridized carbons (Fsp3) is 0.727. The molecule has 2 heterocycles. The summed E-state index contributed by atoms with van der Waals surface area (Å²) >= 11 is 0. The van der Waals surface area contributed by atoms with Crippen molar-refractivity contribution in [2.75, 3.05) is 6.54 Å². The third-order valence-electron chi connectivity index (χ3n) is 3.36. The van der Waals surface area contributed by atoms with Crippen molar-refractivity contribution in [3.63, 3.8) is 0 Å². The Hall–Kier alpha value is -1.43. The molecule has 94 valence electrons. The first-order valence-electron chi connectivity index (χ1n) is 5.83.